The summed E-state index contributed by atoms with van der Waals surface area (Å²) in [6, 6.07) is 19.1. The first-order valence-electron chi connectivity index (χ1n) is 13.5. The predicted octanol–water partition coefficient (Wildman–Crippen LogP) is 9.53. The topological polar surface area (TPSA) is 0 Å². The van der Waals surface area contributed by atoms with Gasteiger partial charge in [-0.05, 0) is 109 Å². The van der Waals surface area contributed by atoms with Crippen molar-refractivity contribution in [1.29, 1.82) is 0 Å². The molecule has 4 aliphatic rings. The van der Waals surface area contributed by atoms with E-state index in [1.165, 1.54) is 89.4 Å². The van der Waals surface area contributed by atoms with Crippen molar-refractivity contribution in [3.63, 3.8) is 0 Å². The number of benzene rings is 2. The molecule has 0 saturated carbocycles. The van der Waals surface area contributed by atoms with Gasteiger partial charge >= 0.3 is 0 Å². The lowest BCUT2D eigenvalue weighted by Gasteiger charge is -2.44. The van der Waals surface area contributed by atoms with Crippen LogP contribution in [-0.2, 0) is 12.3 Å². The fraction of sp³-hybridized carbons (Fsp3) is 0.600. The Hall–Kier alpha value is -0.700. The number of hydrogen-bond acceptors (Lipinski definition) is 0. The third-order valence-corrected chi connectivity index (χ3v) is 16.4. The van der Waals surface area contributed by atoms with Crippen molar-refractivity contribution >= 4 is 15.8 Å². The second-order valence-electron chi connectivity index (χ2n) is 11.0. The van der Waals surface area contributed by atoms with Gasteiger partial charge in [0, 0.05) is 0 Å². The van der Waals surface area contributed by atoms with Gasteiger partial charge in [0.2, 0.25) is 0 Å². The molecule has 0 unspecified atom stereocenters. The van der Waals surface area contributed by atoms with E-state index in [0.29, 0.717) is 0 Å². The molecule has 0 nitrogen and oxygen atoms in total. The van der Waals surface area contributed by atoms with Crippen LogP contribution in [0.1, 0.15) is 88.2 Å². The fourth-order valence-corrected chi connectivity index (χ4v) is 15.3. The van der Waals surface area contributed by atoms with Crippen LogP contribution in [0.3, 0.4) is 0 Å². The van der Waals surface area contributed by atoms with Gasteiger partial charge in [-0.1, -0.05) is 90.1 Å². The van der Waals surface area contributed by atoms with Gasteiger partial charge in [0.05, 0.1) is 0 Å². The Balaban J connectivity index is 1.29. The molecule has 0 amide bonds. The van der Waals surface area contributed by atoms with E-state index in [9.17, 15) is 0 Å². The van der Waals surface area contributed by atoms with Crippen molar-refractivity contribution in [3.05, 3.63) is 59.7 Å². The number of hydrogen-bond donors (Lipinski definition) is 0. The third kappa shape index (κ3) is 4.37. The maximum atomic E-state index is 2.49. The highest BCUT2D eigenvalue weighted by Crippen LogP contribution is 2.63. The van der Waals surface area contributed by atoms with E-state index in [-0.39, 0.29) is 15.8 Å². The van der Waals surface area contributed by atoms with Gasteiger partial charge in [0.25, 0.3) is 0 Å². The summed E-state index contributed by atoms with van der Waals surface area (Å²) < 4.78 is 0. The Morgan fingerprint density at radius 1 is 0.469 bits per heavy atom. The molecule has 170 valence electrons. The van der Waals surface area contributed by atoms with Crippen LogP contribution in [0.2, 0.25) is 0 Å². The molecule has 0 atom stereocenters. The molecule has 6 rings (SSSR count). The summed E-state index contributed by atoms with van der Waals surface area (Å²) in [7, 11) is 0.355. The summed E-state index contributed by atoms with van der Waals surface area (Å²) in [6.07, 6.45) is 21.0. The molecule has 4 fully saturated rings. The molecular formula is C30H40P2. The Morgan fingerprint density at radius 3 is 1.12 bits per heavy atom. The molecule has 0 aromatic heterocycles. The van der Waals surface area contributed by atoms with Crippen molar-refractivity contribution in [2.24, 2.45) is 0 Å². The maximum absolute atomic E-state index is 2.49. The molecule has 2 aromatic rings. The molecule has 32 heavy (non-hydrogen) atoms. The normalized spacial score (nSPS) is 34.2. The quantitative estimate of drug-likeness (QED) is 0.388. The van der Waals surface area contributed by atoms with Crippen LogP contribution >= 0.6 is 15.8 Å². The lowest BCUT2D eigenvalue weighted by atomic mass is 9.96. The Labute approximate surface area is 198 Å². The first kappa shape index (κ1) is 21.8. The SMILES string of the molecule is c1ccc(-c2ccccc2CP2C3CCCC2CCC3)c(CP2C3CCCC2CCC3)c1. The molecular weight excluding hydrogens is 422 g/mol. The van der Waals surface area contributed by atoms with Crippen molar-refractivity contribution in [1.82, 2.24) is 0 Å². The second kappa shape index (κ2) is 9.88. The molecule has 2 heteroatoms. The van der Waals surface area contributed by atoms with E-state index < -0.39 is 0 Å². The van der Waals surface area contributed by atoms with Gasteiger partial charge in [0.15, 0.2) is 0 Å². The zero-order valence-electron chi connectivity index (χ0n) is 19.7. The summed E-state index contributed by atoms with van der Waals surface area (Å²) >= 11 is 0. The van der Waals surface area contributed by atoms with Gasteiger partial charge in [0.1, 0.15) is 0 Å². The number of fused-ring (bicyclic) bond motifs is 4. The minimum atomic E-state index is 0.178. The van der Waals surface area contributed by atoms with E-state index in [4.69, 9.17) is 0 Å². The van der Waals surface area contributed by atoms with E-state index in [1.807, 2.05) is 0 Å². The minimum absolute atomic E-state index is 0.178. The zero-order valence-corrected chi connectivity index (χ0v) is 21.5. The lowest BCUT2D eigenvalue weighted by Crippen LogP contribution is -2.27. The molecule has 0 N–H and O–H groups in total. The first-order valence-corrected chi connectivity index (χ1v) is 16.9. The van der Waals surface area contributed by atoms with Crippen molar-refractivity contribution in [2.45, 2.75) is 112 Å². The third-order valence-electron chi connectivity index (χ3n) is 9.21. The highest BCUT2D eigenvalue weighted by Gasteiger charge is 2.37. The Morgan fingerprint density at radius 2 is 0.781 bits per heavy atom. The molecule has 2 aromatic carbocycles. The smallest absolute Gasteiger partial charge is 0.00620 e. The molecule has 0 radical (unpaired) electrons. The van der Waals surface area contributed by atoms with Crippen molar-refractivity contribution in [2.75, 3.05) is 0 Å². The van der Waals surface area contributed by atoms with Crippen LogP contribution in [0, 0.1) is 0 Å². The first-order chi connectivity index (χ1) is 15.9. The van der Waals surface area contributed by atoms with Crippen LogP contribution in [0.25, 0.3) is 11.1 Å². The summed E-state index contributed by atoms with van der Waals surface area (Å²) in [5.74, 6) is 0. The van der Waals surface area contributed by atoms with Crippen LogP contribution < -0.4 is 0 Å². The average molecular weight is 463 g/mol. The van der Waals surface area contributed by atoms with Crippen molar-refractivity contribution < 1.29 is 0 Å². The van der Waals surface area contributed by atoms with Crippen LogP contribution in [0.15, 0.2) is 48.5 Å². The summed E-state index contributed by atoms with van der Waals surface area (Å²) in [4.78, 5) is 0. The van der Waals surface area contributed by atoms with Crippen LogP contribution in [0.5, 0.6) is 0 Å². The fourth-order valence-electron chi connectivity index (χ4n) is 7.61. The van der Waals surface area contributed by atoms with Gasteiger partial charge in [-0.15, -0.1) is 0 Å². The zero-order chi connectivity index (χ0) is 21.3. The van der Waals surface area contributed by atoms with Gasteiger partial charge in [-0.2, -0.15) is 0 Å². The van der Waals surface area contributed by atoms with E-state index in [0.717, 1.165) is 22.6 Å². The van der Waals surface area contributed by atoms with E-state index >= 15 is 0 Å². The lowest BCUT2D eigenvalue weighted by molar-refractivity contribution is 0.474. The van der Waals surface area contributed by atoms with Gasteiger partial charge in [-0.25, -0.2) is 0 Å². The molecule has 0 aliphatic carbocycles. The van der Waals surface area contributed by atoms with Crippen LogP contribution in [-0.4, -0.2) is 22.6 Å². The molecule has 4 heterocycles. The molecule has 4 aliphatic heterocycles. The average Bonchev–Trinajstić information content (AvgIpc) is 2.80. The van der Waals surface area contributed by atoms with Crippen LogP contribution in [0.4, 0.5) is 0 Å². The Kier molecular flexibility index (Phi) is 6.74. The molecule has 4 saturated heterocycles. The highest BCUT2D eigenvalue weighted by atomic mass is 31.1. The monoisotopic (exact) mass is 462 g/mol. The van der Waals surface area contributed by atoms with Crippen molar-refractivity contribution in [3.8, 4) is 11.1 Å². The van der Waals surface area contributed by atoms with E-state index in [2.05, 4.69) is 48.5 Å². The van der Waals surface area contributed by atoms with Gasteiger partial charge < -0.3 is 0 Å². The standard InChI is InChI=1S/C30H40P2/c1-3-19-29(23(9-1)21-31-25-11-5-12-26(31)14-6-13-25)30-20-4-2-10-24(30)22-32-27-15-7-16-28(32)18-8-17-27/h1-4,9-10,19-20,25-28H,5-8,11-18,21-22H2. The summed E-state index contributed by atoms with van der Waals surface area (Å²) in [6.45, 7) is 0. The summed E-state index contributed by atoms with van der Waals surface area (Å²) in [5, 5.41) is 0. The van der Waals surface area contributed by atoms with Gasteiger partial charge in [-0.3, -0.25) is 0 Å². The predicted molar refractivity (Wildman–Crippen MR) is 144 cm³/mol. The largest absolute Gasteiger partial charge is 0.0958 e. The molecule has 4 bridgehead atoms. The van der Waals surface area contributed by atoms with E-state index in [1.54, 1.807) is 22.3 Å². The number of rotatable bonds is 5. The highest BCUT2D eigenvalue weighted by molar-refractivity contribution is 7.58. The molecule has 0 spiro atoms. The maximum Gasteiger partial charge on any atom is -0.00620 e. The summed E-state index contributed by atoms with van der Waals surface area (Å²) in [5.41, 5.74) is 10.7. The minimum Gasteiger partial charge on any atom is -0.0958 e. The Bertz CT molecular complexity index is 801. The second-order valence-corrected chi connectivity index (χ2v) is 16.6.